The Balaban J connectivity index is 2.71. The number of hydrogen-bond acceptors (Lipinski definition) is 3. The van der Waals surface area contributed by atoms with E-state index in [4.69, 9.17) is 4.74 Å². The number of hydrogen-bond donors (Lipinski definition) is 2. The molecule has 0 aromatic heterocycles. The van der Waals surface area contributed by atoms with E-state index >= 15 is 0 Å². The summed E-state index contributed by atoms with van der Waals surface area (Å²) in [7, 11) is 0. The summed E-state index contributed by atoms with van der Waals surface area (Å²) in [5.74, 6) is 0.658. The van der Waals surface area contributed by atoms with Gasteiger partial charge in [-0.3, -0.25) is 4.79 Å². The molecule has 1 aromatic carbocycles. The minimum Gasteiger partial charge on any atom is -0.483 e. The van der Waals surface area contributed by atoms with Crippen LogP contribution in [-0.2, 0) is 4.79 Å². The Labute approximate surface area is 129 Å². The van der Waals surface area contributed by atoms with Crippen molar-refractivity contribution in [1.29, 1.82) is 0 Å². The van der Waals surface area contributed by atoms with Crippen molar-refractivity contribution < 1.29 is 9.53 Å². The van der Waals surface area contributed by atoms with Crippen LogP contribution in [0.3, 0.4) is 0 Å². The van der Waals surface area contributed by atoms with Crippen molar-refractivity contribution in [2.45, 2.75) is 33.2 Å². The van der Waals surface area contributed by atoms with Gasteiger partial charge in [0.25, 0.3) is 5.91 Å². The van der Waals surface area contributed by atoms with E-state index in [-0.39, 0.29) is 18.6 Å². The highest BCUT2D eigenvalue weighted by Crippen LogP contribution is 2.28. The number of benzene rings is 1. The molecule has 2 N–H and O–H groups in total. The van der Waals surface area contributed by atoms with Crippen molar-refractivity contribution in [2.24, 2.45) is 0 Å². The molecule has 20 heavy (non-hydrogen) atoms. The Morgan fingerprint density at radius 2 is 2.15 bits per heavy atom. The number of ether oxygens (including phenoxy) is 1. The molecule has 0 spiro atoms. The predicted octanol–water partition coefficient (Wildman–Crippen LogP) is 3.02. The maximum absolute atomic E-state index is 11.6. The topological polar surface area (TPSA) is 50.4 Å². The van der Waals surface area contributed by atoms with Gasteiger partial charge in [-0.15, -0.1) is 0 Å². The minimum atomic E-state index is -0.0863. The number of amides is 1. The summed E-state index contributed by atoms with van der Waals surface area (Å²) in [5.41, 5.74) is 1.05. The van der Waals surface area contributed by atoms with Crippen LogP contribution in [0, 0.1) is 0 Å². The zero-order valence-corrected chi connectivity index (χ0v) is 13.9. The fourth-order valence-electron chi connectivity index (χ4n) is 1.86. The Morgan fingerprint density at radius 3 is 2.80 bits per heavy atom. The van der Waals surface area contributed by atoms with E-state index in [2.05, 4.69) is 40.4 Å². The number of nitrogens with one attached hydrogen (secondary N) is 2. The monoisotopic (exact) mass is 342 g/mol. The molecule has 1 unspecified atom stereocenters. The Hall–Kier alpha value is -1.07. The van der Waals surface area contributed by atoms with Crippen molar-refractivity contribution in [1.82, 2.24) is 10.6 Å². The summed E-state index contributed by atoms with van der Waals surface area (Å²) in [6, 6.07) is 6.00. The van der Waals surface area contributed by atoms with Gasteiger partial charge in [0.05, 0.1) is 0 Å². The fourth-order valence-corrected chi connectivity index (χ4v) is 2.24. The molecule has 0 aliphatic heterocycles. The Kier molecular flexibility index (Phi) is 7.62. The van der Waals surface area contributed by atoms with Crippen LogP contribution in [0.25, 0.3) is 0 Å². The quantitative estimate of drug-likeness (QED) is 0.763. The van der Waals surface area contributed by atoms with Gasteiger partial charge < -0.3 is 15.4 Å². The van der Waals surface area contributed by atoms with Gasteiger partial charge in [-0.05, 0) is 38.1 Å². The molecule has 0 saturated carbocycles. The first-order valence-corrected chi connectivity index (χ1v) is 7.80. The van der Waals surface area contributed by atoms with E-state index in [1.54, 1.807) is 0 Å². The number of rotatable bonds is 8. The second-order valence-corrected chi connectivity index (χ2v) is 5.52. The van der Waals surface area contributed by atoms with E-state index in [1.807, 2.05) is 25.1 Å². The molecule has 0 heterocycles. The molecule has 0 radical (unpaired) electrons. The van der Waals surface area contributed by atoms with Crippen LogP contribution < -0.4 is 15.4 Å². The maximum atomic E-state index is 11.6. The van der Waals surface area contributed by atoms with Gasteiger partial charge in [0.2, 0.25) is 0 Å². The average molecular weight is 343 g/mol. The Morgan fingerprint density at radius 1 is 1.40 bits per heavy atom. The second kappa shape index (κ2) is 8.97. The smallest absolute Gasteiger partial charge is 0.257 e. The molecule has 0 bridgehead atoms. The summed E-state index contributed by atoms with van der Waals surface area (Å²) in [6.07, 6.45) is 0.923. The minimum absolute atomic E-state index is 0.0491. The summed E-state index contributed by atoms with van der Waals surface area (Å²) < 4.78 is 6.65. The van der Waals surface area contributed by atoms with Gasteiger partial charge in [-0.25, -0.2) is 0 Å². The zero-order valence-electron chi connectivity index (χ0n) is 12.3. The highest BCUT2D eigenvalue weighted by Gasteiger charge is 2.12. The lowest BCUT2D eigenvalue weighted by molar-refractivity contribution is -0.123. The van der Waals surface area contributed by atoms with Gasteiger partial charge in [-0.2, -0.15) is 0 Å². The van der Waals surface area contributed by atoms with Gasteiger partial charge >= 0.3 is 0 Å². The molecule has 1 atom stereocenters. The molecule has 0 saturated heterocycles. The summed E-state index contributed by atoms with van der Waals surface area (Å²) in [5, 5.41) is 6.15. The number of carbonyl (C=O) groups excluding carboxylic acids is 1. The molecular formula is C15H23BrN2O2. The van der Waals surface area contributed by atoms with Crippen LogP contribution in [0.5, 0.6) is 5.75 Å². The van der Waals surface area contributed by atoms with Crippen LogP contribution in [0.15, 0.2) is 22.7 Å². The normalized spacial score (nSPS) is 12.0. The van der Waals surface area contributed by atoms with Crippen molar-refractivity contribution >= 4 is 21.8 Å². The SMILES string of the molecule is CCCNC(=O)COc1ccc(Br)cc1C(C)NCC. The number of halogens is 1. The van der Waals surface area contributed by atoms with Crippen LogP contribution in [0.4, 0.5) is 0 Å². The molecule has 1 amide bonds. The molecule has 1 aromatic rings. The van der Waals surface area contributed by atoms with Crippen LogP contribution in [0.1, 0.15) is 38.8 Å². The first-order chi connectivity index (χ1) is 9.58. The van der Waals surface area contributed by atoms with Gasteiger partial charge in [0, 0.05) is 22.6 Å². The largest absolute Gasteiger partial charge is 0.483 e. The van der Waals surface area contributed by atoms with Crippen LogP contribution in [-0.4, -0.2) is 25.6 Å². The van der Waals surface area contributed by atoms with Crippen molar-refractivity contribution in [3.8, 4) is 5.75 Å². The molecule has 0 fully saturated rings. The summed E-state index contributed by atoms with van der Waals surface area (Å²) in [4.78, 5) is 11.6. The third-order valence-electron chi connectivity index (χ3n) is 2.88. The van der Waals surface area contributed by atoms with E-state index in [9.17, 15) is 4.79 Å². The standard InChI is InChI=1S/C15H23BrN2O2/c1-4-8-18-15(19)10-20-14-7-6-12(16)9-13(14)11(3)17-5-2/h6-7,9,11,17H,4-5,8,10H2,1-3H3,(H,18,19). The van der Waals surface area contributed by atoms with Gasteiger partial charge in [0.1, 0.15) is 5.75 Å². The van der Waals surface area contributed by atoms with Gasteiger partial charge in [0.15, 0.2) is 6.61 Å². The third kappa shape index (κ3) is 5.51. The van der Waals surface area contributed by atoms with E-state index in [1.165, 1.54) is 0 Å². The molecule has 1 rings (SSSR count). The summed E-state index contributed by atoms with van der Waals surface area (Å²) in [6.45, 7) is 7.77. The van der Waals surface area contributed by atoms with Gasteiger partial charge in [-0.1, -0.05) is 29.8 Å². The fraction of sp³-hybridized carbons (Fsp3) is 0.533. The van der Waals surface area contributed by atoms with E-state index < -0.39 is 0 Å². The van der Waals surface area contributed by atoms with Crippen LogP contribution in [0.2, 0.25) is 0 Å². The lowest BCUT2D eigenvalue weighted by atomic mass is 10.1. The average Bonchev–Trinajstić information content (AvgIpc) is 2.43. The zero-order chi connectivity index (χ0) is 15.0. The highest BCUT2D eigenvalue weighted by molar-refractivity contribution is 9.10. The molecule has 5 heteroatoms. The van der Waals surface area contributed by atoms with Crippen LogP contribution >= 0.6 is 15.9 Å². The lowest BCUT2D eigenvalue weighted by Crippen LogP contribution is -2.29. The molecular weight excluding hydrogens is 320 g/mol. The lowest BCUT2D eigenvalue weighted by Gasteiger charge is -2.18. The third-order valence-corrected chi connectivity index (χ3v) is 3.37. The van der Waals surface area contributed by atoms with Crippen molar-refractivity contribution in [2.75, 3.05) is 19.7 Å². The second-order valence-electron chi connectivity index (χ2n) is 4.60. The predicted molar refractivity (Wildman–Crippen MR) is 85.0 cm³/mol. The number of carbonyl (C=O) groups is 1. The molecule has 112 valence electrons. The molecule has 4 nitrogen and oxygen atoms in total. The molecule has 0 aliphatic carbocycles. The first kappa shape index (κ1) is 17.0. The van der Waals surface area contributed by atoms with Crippen molar-refractivity contribution in [3.63, 3.8) is 0 Å². The maximum Gasteiger partial charge on any atom is 0.257 e. The summed E-state index contributed by atoms with van der Waals surface area (Å²) >= 11 is 3.47. The first-order valence-electron chi connectivity index (χ1n) is 7.00. The Bertz CT molecular complexity index is 438. The van der Waals surface area contributed by atoms with Crippen molar-refractivity contribution in [3.05, 3.63) is 28.2 Å². The van der Waals surface area contributed by atoms with E-state index in [0.29, 0.717) is 6.54 Å². The highest BCUT2D eigenvalue weighted by atomic mass is 79.9. The van der Waals surface area contributed by atoms with E-state index in [0.717, 1.165) is 28.8 Å². The molecule has 0 aliphatic rings.